The quantitative estimate of drug-likeness (QED) is 0.323. The van der Waals surface area contributed by atoms with Gasteiger partial charge in [0, 0.05) is 15.6 Å². The van der Waals surface area contributed by atoms with Gasteiger partial charge in [0.1, 0.15) is 0 Å². The standard InChI is InChI=1S/C8H4Cl2N2O/c9-6-1-5(2-7(10)3-6)8(13)4-12-11/h1-4H. The summed E-state index contributed by atoms with van der Waals surface area (Å²) in [5.74, 6) is -0.452. The van der Waals surface area contributed by atoms with Crippen molar-refractivity contribution in [1.29, 1.82) is 0 Å². The molecule has 0 atom stereocenters. The number of rotatable bonds is 2. The van der Waals surface area contributed by atoms with E-state index in [1.165, 1.54) is 18.2 Å². The summed E-state index contributed by atoms with van der Waals surface area (Å²) >= 11 is 11.3. The van der Waals surface area contributed by atoms with Gasteiger partial charge in [0.25, 0.3) is 5.78 Å². The van der Waals surface area contributed by atoms with Gasteiger partial charge < -0.3 is 5.53 Å². The monoisotopic (exact) mass is 214 g/mol. The molecule has 0 saturated heterocycles. The van der Waals surface area contributed by atoms with E-state index < -0.39 is 5.78 Å². The second kappa shape index (κ2) is 4.19. The van der Waals surface area contributed by atoms with Gasteiger partial charge in [0.05, 0.1) is 0 Å². The minimum atomic E-state index is -0.452. The van der Waals surface area contributed by atoms with E-state index in [0.29, 0.717) is 10.0 Å². The topological polar surface area (TPSA) is 53.5 Å². The van der Waals surface area contributed by atoms with Gasteiger partial charge in [0.2, 0.25) is 0 Å². The van der Waals surface area contributed by atoms with Crippen molar-refractivity contribution >= 4 is 35.2 Å². The average Bonchev–Trinajstić information content (AvgIpc) is 2.03. The Labute approximate surface area is 84.5 Å². The van der Waals surface area contributed by atoms with Crippen molar-refractivity contribution in [2.75, 3.05) is 0 Å². The van der Waals surface area contributed by atoms with Gasteiger partial charge >= 0.3 is 6.21 Å². The fraction of sp³-hybridized carbons (Fsp3) is 0. The molecule has 0 saturated carbocycles. The molecule has 1 aromatic carbocycles. The van der Waals surface area contributed by atoms with Crippen molar-refractivity contribution in [2.24, 2.45) is 0 Å². The molecule has 1 aromatic rings. The second-order valence-electron chi connectivity index (χ2n) is 2.27. The maximum Gasteiger partial charge on any atom is 0.328 e. The van der Waals surface area contributed by atoms with E-state index in [1.54, 1.807) is 0 Å². The summed E-state index contributed by atoms with van der Waals surface area (Å²) in [4.78, 5) is 13.7. The highest BCUT2D eigenvalue weighted by Crippen LogP contribution is 2.18. The van der Waals surface area contributed by atoms with Gasteiger partial charge in [-0.15, -0.1) is 0 Å². The number of carbonyl (C=O) groups excluding carboxylic acids is 1. The van der Waals surface area contributed by atoms with Crippen molar-refractivity contribution in [3.05, 3.63) is 39.3 Å². The third kappa shape index (κ3) is 2.67. The number of hydrogen-bond acceptors (Lipinski definition) is 1. The predicted molar refractivity (Wildman–Crippen MR) is 50.5 cm³/mol. The summed E-state index contributed by atoms with van der Waals surface area (Å²) in [6, 6.07) is 4.39. The molecule has 0 spiro atoms. The molecule has 0 radical (unpaired) electrons. The van der Waals surface area contributed by atoms with Crippen LogP contribution in [0.25, 0.3) is 5.53 Å². The molecular formula is C8H4Cl2N2O. The average molecular weight is 215 g/mol. The van der Waals surface area contributed by atoms with E-state index in [2.05, 4.69) is 4.79 Å². The van der Waals surface area contributed by atoms with Crippen molar-refractivity contribution in [3.63, 3.8) is 0 Å². The molecule has 0 aliphatic heterocycles. The molecule has 0 unspecified atom stereocenters. The van der Waals surface area contributed by atoms with Crippen molar-refractivity contribution in [2.45, 2.75) is 0 Å². The Hall–Kier alpha value is -1.15. The van der Waals surface area contributed by atoms with Crippen LogP contribution in [0.15, 0.2) is 18.2 Å². The summed E-state index contributed by atoms with van der Waals surface area (Å²) < 4.78 is 0. The molecule has 0 amide bonds. The van der Waals surface area contributed by atoms with Crippen LogP contribution in [-0.4, -0.2) is 16.8 Å². The van der Waals surface area contributed by atoms with E-state index in [4.69, 9.17) is 28.7 Å². The molecule has 0 aliphatic carbocycles. The highest BCUT2D eigenvalue weighted by molar-refractivity contribution is 6.38. The number of hydrogen-bond donors (Lipinski definition) is 0. The molecule has 3 nitrogen and oxygen atoms in total. The van der Waals surface area contributed by atoms with Gasteiger partial charge in [-0.1, -0.05) is 23.2 Å². The first kappa shape index (κ1) is 9.93. The Bertz CT molecular complexity index is 377. The van der Waals surface area contributed by atoms with E-state index in [1.807, 2.05) is 0 Å². The summed E-state index contributed by atoms with van der Waals surface area (Å²) in [7, 11) is 0. The van der Waals surface area contributed by atoms with Gasteiger partial charge in [-0.2, -0.15) is 4.79 Å². The third-order valence-corrected chi connectivity index (χ3v) is 1.76. The molecule has 0 aromatic heterocycles. The maximum absolute atomic E-state index is 11.1. The lowest BCUT2D eigenvalue weighted by Gasteiger charge is -1.95. The van der Waals surface area contributed by atoms with Crippen LogP contribution < -0.4 is 0 Å². The SMILES string of the molecule is [N-]=[N+]=CC(=O)c1cc(Cl)cc(Cl)c1. The van der Waals surface area contributed by atoms with Gasteiger partial charge in [-0.3, -0.25) is 4.79 Å². The summed E-state index contributed by atoms with van der Waals surface area (Å²) in [5.41, 5.74) is 8.41. The Morgan fingerprint density at radius 2 is 1.85 bits per heavy atom. The van der Waals surface area contributed by atoms with Crippen LogP contribution in [0.1, 0.15) is 10.4 Å². The van der Waals surface area contributed by atoms with Gasteiger partial charge in [-0.25, -0.2) is 0 Å². The Morgan fingerprint density at radius 1 is 1.31 bits per heavy atom. The first-order chi connectivity index (χ1) is 6.13. The zero-order chi connectivity index (χ0) is 9.84. The zero-order valence-corrected chi connectivity index (χ0v) is 7.88. The third-order valence-electron chi connectivity index (χ3n) is 1.32. The number of carbonyl (C=O) groups is 1. The van der Waals surface area contributed by atoms with E-state index in [9.17, 15) is 4.79 Å². The Morgan fingerprint density at radius 3 is 2.31 bits per heavy atom. The molecule has 0 N–H and O–H groups in total. The molecule has 0 aliphatic rings. The zero-order valence-electron chi connectivity index (χ0n) is 6.37. The molecule has 0 fully saturated rings. The predicted octanol–water partition coefficient (Wildman–Crippen LogP) is 2.48. The fourth-order valence-electron chi connectivity index (χ4n) is 0.823. The summed E-state index contributed by atoms with van der Waals surface area (Å²) in [6.45, 7) is 0. The normalized spacial score (nSPS) is 9.08. The number of nitrogens with zero attached hydrogens (tertiary/aromatic N) is 2. The smallest absolute Gasteiger partial charge is 0.328 e. The van der Waals surface area contributed by atoms with Crippen LogP contribution in [0.2, 0.25) is 10.0 Å². The summed E-state index contributed by atoms with van der Waals surface area (Å²) in [5, 5.41) is 0.726. The van der Waals surface area contributed by atoms with Crippen LogP contribution in [0.3, 0.4) is 0 Å². The first-order valence-corrected chi connectivity index (χ1v) is 4.07. The van der Waals surface area contributed by atoms with Crippen LogP contribution in [-0.2, 0) is 0 Å². The van der Waals surface area contributed by atoms with Crippen molar-refractivity contribution in [1.82, 2.24) is 0 Å². The second-order valence-corrected chi connectivity index (χ2v) is 3.14. The van der Waals surface area contributed by atoms with E-state index in [0.717, 1.165) is 6.21 Å². The molecule has 0 bridgehead atoms. The number of Topliss-reactive ketones (excluding diaryl/α,β-unsaturated/α-hetero) is 1. The molecule has 0 heterocycles. The number of benzene rings is 1. The van der Waals surface area contributed by atoms with Crippen LogP contribution in [0.5, 0.6) is 0 Å². The van der Waals surface area contributed by atoms with Gasteiger partial charge in [0.15, 0.2) is 0 Å². The minimum Gasteiger partial charge on any atom is -0.361 e. The van der Waals surface area contributed by atoms with E-state index in [-0.39, 0.29) is 5.56 Å². The van der Waals surface area contributed by atoms with Crippen molar-refractivity contribution < 1.29 is 9.58 Å². The highest BCUT2D eigenvalue weighted by Gasteiger charge is 2.08. The molecule has 1 rings (SSSR count). The fourth-order valence-corrected chi connectivity index (χ4v) is 1.35. The lowest BCUT2D eigenvalue weighted by Crippen LogP contribution is -2.00. The Balaban J connectivity index is 3.15. The lowest BCUT2D eigenvalue weighted by molar-refractivity contribution is 0.00235. The Kier molecular flexibility index (Phi) is 3.20. The number of ketones is 1. The van der Waals surface area contributed by atoms with Gasteiger partial charge in [-0.05, 0) is 18.2 Å². The molecule has 5 heteroatoms. The lowest BCUT2D eigenvalue weighted by atomic mass is 10.1. The largest absolute Gasteiger partial charge is 0.361 e. The van der Waals surface area contributed by atoms with Crippen LogP contribution in [0.4, 0.5) is 0 Å². The summed E-state index contributed by atoms with van der Waals surface area (Å²) in [6.07, 6.45) is 0.780. The van der Waals surface area contributed by atoms with Crippen LogP contribution in [0, 0.1) is 0 Å². The molecular weight excluding hydrogens is 211 g/mol. The van der Waals surface area contributed by atoms with Crippen molar-refractivity contribution in [3.8, 4) is 0 Å². The minimum absolute atomic E-state index is 0.287. The number of halogens is 2. The highest BCUT2D eigenvalue weighted by atomic mass is 35.5. The molecule has 13 heavy (non-hydrogen) atoms. The van der Waals surface area contributed by atoms with E-state index >= 15 is 0 Å². The molecule has 66 valence electrons. The van der Waals surface area contributed by atoms with Crippen LogP contribution >= 0.6 is 23.2 Å². The maximum atomic E-state index is 11.1. The first-order valence-electron chi connectivity index (χ1n) is 3.31.